The maximum absolute atomic E-state index is 5.71. The predicted molar refractivity (Wildman–Crippen MR) is 152 cm³/mol. The fraction of sp³-hybridized carbons (Fsp3) is 0.643. The maximum atomic E-state index is 5.71. The van der Waals surface area contributed by atoms with E-state index in [1.54, 1.807) is 11.3 Å². The highest BCUT2D eigenvalue weighted by molar-refractivity contribution is 7.11. The van der Waals surface area contributed by atoms with Gasteiger partial charge in [-0.25, -0.2) is 9.97 Å². The highest BCUT2D eigenvalue weighted by Crippen LogP contribution is 2.43. The molecule has 0 bridgehead atoms. The van der Waals surface area contributed by atoms with Crippen LogP contribution >= 0.6 is 11.3 Å². The summed E-state index contributed by atoms with van der Waals surface area (Å²) < 4.78 is 13.8. The van der Waals surface area contributed by atoms with E-state index in [2.05, 4.69) is 66.8 Å². The van der Waals surface area contributed by atoms with Gasteiger partial charge in [0.1, 0.15) is 5.65 Å². The molecule has 5 rings (SSSR count). The molecule has 1 saturated heterocycles. The Balaban J connectivity index is 1.49. The standard InChI is InChI=1S/C28H42N4O2SSi/c1-7-34-27-30-25(19-35-27)24-18-32(36(5,6)28(2,3)4)26-23(24)16-21(17-29-26)20-8-10-22(11-9-20)31-12-14-33-15-13-31/h16-20,22H,7-15H2,1-6H3. The van der Waals surface area contributed by atoms with Crippen LogP contribution in [0.5, 0.6) is 5.19 Å². The molecule has 0 radical (unpaired) electrons. The first-order chi connectivity index (χ1) is 17.2. The lowest BCUT2D eigenvalue weighted by molar-refractivity contribution is 0.00729. The van der Waals surface area contributed by atoms with Crippen LogP contribution in [0.1, 0.15) is 64.9 Å². The van der Waals surface area contributed by atoms with Gasteiger partial charge in [0.15, 0.2) is 8.24 Å². The van der Waals surface area contributed by atoms with Crippen molar-refractivity contribution in [2.45, 2.75) is 83.5 Å². The number of fused-ring (bicyclic) bond motifs is 1. The molecule has 2 fully saturated rings. The van der Waals surface area contributed by atoms with Gasteiger partial charge in [-0.3, -0.25) is 4.90 Å². The first-order valence-electron chi connectivity index (χ1n) is 13.6. The average molecular weight is 527 g/mol. The first-order valence-corrected chi connectivity index (χ1v) is 17.4. The second-order valence-corrected chi connectivity index (χ2v) is 17.9. The largest absolute Gasteiger partial charge is 0.470 e. The van der Waals surface area contributed by atoms with Gasteiger partial charge in [-0.05, 0) is 55.2 Å². The second-order valence-electron chi connectivity index (χ2n) is 11.9. The van der Waals surface area contributed by atoms with Crippen LogP contribution < -0.4 is 4.74 Å². The smallest absolute Gasteiger partial charge is 0.273 e. The molecule has 4 heterocycles. The Hall–Kier alpha value is -1.74. The van der Waals surface area contributed by atoms with E-state index in [0.29, 0.717) is 18.6 Å². The van der Waals surface area contributed by atoms with Crippen LogP contribution in [0.3, 0.4) is 0 Å². The van der Waals surface area contributed by atoms with Gasteiger partial charge in [0.05, 0.1) is 25.5 Å². The lowest BCUT2D eigenvalue weighted by Crippen LogP contribution is -2.45. The average Bonchev–Trinajstić information content (AvgIpc) is 3.49. The van der Waals surface area contributed by atoms with Crippen molar-refractivity contribution in [2.75, 3.05) is 32.9 Å². The molecule has 36 heavy (non-hydrogen) atoms. The number of pyridine rings is 1. The van der Waals surface area contributed by atoms with Gasteiger partial charge < -0.3 is 13.7 Å². The van der Waals surface area contributed by atoms with Crippen LogP contribution in [-0.4, -0.2) is 66.3 Å². The normalized spacial score (nSPS) is 22.3. The summed E-state index contributed by atoms with van der Waals surface area (Å²) in [7, 11) is -1.87. The zero-order valence-electron chi connectivity index (χ0n) is 22.8. The molecule has 3 aromatic heterocycles. The molecule has 0 amide bonds. The summed E-state index contributed by atoms with van der Waals surface area (Å²) in [6, 6.07) is 3.14. The molecule has 8 heteroatoms. The van der Waals surface area contributed by atoms with Crippen molar-refractivity contribution < 1.29 is 9.47 Å². The Kier molecular flexibility index (Phi) is 7.33. The van der Waals surface area contributed by atoms with Crippen LogP contribution in [0.2, 0.25) is 18.1 Å². The van der Waals surface area contributed by atoms with E-state index in [1.807, 2.05) is 6.92 Å². The number of hydrogen-bond acceptors (Lipinski definition) is 6. The summed E-state index contributed by atoms with van der Waals surface area (Å²) in [6.07, 6.45) is 9.51. The third kappa shape index (κ3) is 4.89. The van der Waals surface area contributed by atoms with Crippen molar-refractivity contribution in [3.05, 3.63) is 29.4 Å². The third-order valence-electron chi connectivity index (χ3n) is 8.86. The first kappa shape index (κ1) is 25.9. The lowest BCUT2D eigenvalue weighted by atomic mass is 9.81. The van der Waals surface area contributed by atoms with Gasteiger partial charge in [-0.15, -0.1) is 0 Å². The van der Waals surface area contributed by atoms with Crippen molar-refractivity contribution in [1.82, 2.24) is 19.1 Å². The van der Waals surface area contributed by atoms with Gasteiger partial charge in [0.25, 0.3) is 5.19 Å². The van der Waals surface area contributed by atoms with E-state index in [1.165, 1.54) is 42.2 Å². The van der Waals surface area contributed by atoms with Crippen LogP contribution in [0.4, 0.5) is 0 Å². The van der Waals surface area contributed by atoms with Gasteiger partial charge in [0, 0.05) is 47.9 Å². The number of nitrogens with zero attached hydrogens (tertiary/aromatic N) is 4. The van der Waals surface area contributed by atoms with E-state index in [0.717, 1.165) is 42.8 Å². The zero-order chi connectivity index (χ0) is 25.5. The number of thiazole rings is 1. The van der Waals surface area contributed by atoms with Gasteiger partial charge >= 0.3 is 0 Å². The van der Waals surface area contributed by atoms with Gasteiger partial charge in [-0.2, -0.15) is 0 Å². The van der Waals surface area contributed by atoms with Crippen molar-refractivity contribution >= 4 is 30.6 Å². The highest BCUT2D eigenvalue weighted by Gasteiger charge is 2.39. The van der Waals surface area contributed by atoms with E-state index in [9.17, 15) is 0 Å². The molecule has 6 nitrogen and oxygen atoms in total. The Morgan fingerprint density at radius 1 is 1.14 bits per heavy atom. The number of ether oxygens (including phenoxy) is 2. The molecule has 0 N–H and O–H groups in total. The Morgan fingerprint density at radius 2 is 1.86 bits per heavy atom. The van der Waals surface area contributed by atoms with Crippen molar-refractivity contribution in [1.29, 1.82) is 0 Å². The number of hydrogen-bond donors (Lipinski definition) is 0. The predicted octanol–water partition coefficient (Wildman–Crippen LogP) is 6.77. The van der Waals surface area contributed by atoms with E-state index in [4.69, 9.17) is 19.4 Å². The molecule has 196 valence electrons. The molecule has 0 unspecified atom stereocenters. The van der Waals surface area contributed by atoms with Crippen molar-refractivity contribution in [2.24, 2.45) is 0 Å². The molecule has 1 aliphatic carbocycles. The molecule has 0 atom stereocenters. The molecule has 0 aromatic carbocycles. The fourth-order valence-corrected chi connectivity index (χ4v) is 8.24. The topological polar surface area (TPSA) is 52.4 Å². The molecule has 2 aliphatic rings. The molecule has 0 spiro atoms. The Bertz CT molecular complexity index is 1180. The second kappa shape index (κ2) is 10.2. The summed E-state index contributed by atoms with van der Waals surface area (Å²) in [5.41, 5.74) is 4.68. The number of morpholine rings is 1. The van der Waals surface area contributed by atoms with Gasteiger partial charge in [-0.1, -0.05) is 45.2 Å². The Morgan fingerprint density at radius 3 is 2.53 bits per heavy atom. The van der Waals surface area contributed by atoms with Gasteiger partial charge in [0.2, 0.25) is 0 Å². The summed E-state index contributed by atoms with van der Waals surface area (Å²) in [5.74, 6) is 0.581. The molecule has 3 aromatic rings. The summed E-state index contributed by atoms with van der Waals surface area (Å²) in [4.78, 5) is 12.6. The number of aromatic nitrogens is 3. The lowest BCUT2D eigenvalue weighted by Gasteiger charge is -2.39. The van der Waals surface area contributed by atoms with E-state index >= 15 is 0 Å². The summed E-state index contributed by atoms with van der Waals surface area (Å²) in [6.45, 7) is 18.6. The minimum atomic E-state index is -1.87. The quantitative estimate of drug-likeness (QED) is 0.332. The monoisotopic (exact) mass is 526 g/mol. The summed E-state index contributed by atoms with van der Waals surface area (Å²) >= 11 is 1.58. The van der Waals surface area contributed by atoms with Crippen LogP contribution in [0.25, 0.3) is 22.3 Å². The SMILES string of the molecule is CCOc1nc(-c2cn([Si](C)(C)C(C)(C)C)c3ncc(C4CCC(N5CCOCC5)CC4)cc23)cs1. The van der Waals surface area contributed by atoms with Crippen LogP contribution in [0.15, 0.2) is 23.8 Å². The zero-order valence-corrected chi connectivity index (χ0v) is 24.7. The van der Waals surface area contributed by atoms with Crippen molar-refractivity contribution in [3.8, 4) is 16.5 Å². The minimum absolute atomic E-state index is 0.201. The molecular weight excluding hydrogens is 484 g/mol. The highest BCUT2D eigenvalue weighted by atomic mass is 32.1. The van der Waals surface area contributed by atoms with Crippen molar-refractivity contribution in [3.63, 3.8) is 0 Å². The minimum Gasteiger partial charge on any atom is -0.470 e. The third-order valence-corrected chi connectivity index (χ3v) is 14.8. The number of rotatable bonds is 6. The van der Waals surface area contributed by atoms with E-state index < -0.39 is 8.24 Å². The molecular formula is C28H42N4O2SSi. The van der Waals surface area contributed by atoms with Crippen LogP contribution in [0, 0.1) is 0 Å². The molecule has 1 saturated carbocycles. The molecule has 1 aliphatic heterocycles. The van der Waals surface area contributed by atoms with E-state index in [-0.39, 0.29) is 5.04 Å². The maximum Gasteiger partial charge on any atom is 0.273 e. The Labute approximate surface area is 221 Å². The summed E-state index contributed by atoms with van der Waals surface area (Å²) in [5, 5.41) is 4.32. The van der Waals surface area contributed by atoms with Crippen LogP contribution in [-0.2, 0) is 4.74 Å². The fourth-order valence-electron chi connectivity index (χ4n) is 5.63.